The summed E-state index contributed by atoms with van der Waals surface area (Å²) in [7, 11) is 0. The molecule has 80 valence electrons. The van der Waals surface area contributed by atoms with Gasteiger partial charge in [-0.25, -0.2) is 0 Å². The lowest BCUT2D eigenvalue weighted by Gasteiger charge is -2.28. The highest BCUT2D eigenvalue weighted by Gasteiger charge is 2.23. The van der Waals surface area contributed by atoms with E-state index in [1.165, 1.54) is 0 Å². The largest absolute Gasteiger partial charge is 0.466 e. The van der Waals surface area contributed by atoms with E-state index in [9.17, 15) is 4.79 Å². The highest BCUT2D eigenvalue weighted by molar-refractivity contribution is 5.93. The van der Waals surface area contributed by atoms with Crippen molar-refractivity contribution in [2.24, 2.45) is 0 Å². The summed E-state index contributed by atoms with van der Waals surface area (Å²) >= 11 is 0. The fourth-order valence-corrected chi connectivity index (χ4v) is 1.90. The van der Waals surface area contributed by atoms with Crippen molar-refractivity contribution in [3.63, 3.8) is 0 Å². The Bertz CT molecular complexity index is 490. The second-order valence-corrected chi connectivity index (χ2v) is 3.86. The van der Waals surface area contributed by atoms with Crippen LogP contribution in [0.4, 0.5) is 0 Å². The Hall–Kier alpha value is -2.03. The molecule has 3 nitrogen and oxygen atoms in total. The van der Waals surface area contributed by atoms with Crippen LogP contribution in [-0.4, -0.2) is 23.5 Å². The lowest BCUT2D eigenvalue weighted by Crippen LogP contribution is -2.35. The minimum atomic E-state index is -0.169. The van der Waals surface area contributed by atoms with E-state index >= 15 is 0 Å². The van der Waals surface area contributed by atoms with Gasteiger partial charge in [0.1, 0.15) is 5.75 Å². The molecule has 0 amide bonds. The summed E-state index contributed by atoms with van der Waals surface area (Å²) in [5, 5.41) is 0. The second kappa shape index (κ2) is 3.52. The Morgan fingerprint density at radius 1 is 1.25 bits per heavy atom. The highest BCUT2D eigenvalue weighted by atomic mass is 16.5. The molecule has 3 heteroatoms. The maximum Gasteiger partial charge on any atom is 0.192 e. The molecule has 2 aliphatic heterocycles. The Morgan fingerprint density at radius 2 is 2.12 bits per heavy atom. The summed E-state index contributed by atoms with van der Waals surface area (Å²) in [4.78, 5) is 13.0. The number of ketones is 1. The fourth-order valence-electron chi connectivity index (χ4n) is 1.90. The van der Waals surface area contributed by atoms with E-state index in [4.69, 9.17) is 4.74 Å². The molecule has 1 unspecified atom stereocenters. The van der Waals surface area contributed by atoms with Crippen molar-refractivity contribution in [3.05, 3.63) is 48.2 Å². The summed E-state index contributed by atoms with van der Waals surface area (Å²) in [5.74, 6) is 0.985. The van der Waals surface area contributed by atoms with Crippen molar-refractivity contribution in [1.82, 2.24) is 4.90 Å². The van der Waals surface area contributed by atoms with E-state index < -0.39 is 0 Å². The Kier molecular flexibility index (Phi) is 2.03. The summed E-state index contributed by atoms with van der Waals surface area (Å²) in [6, 6.07) is 7.87. The van der Waals surface area contributed by atoms with Gasteiger partial charge in [0.25, 0.3) is 0 Å². The number of fused-ring (bicyclic) bond motifs is 1. The van der Waals surface area contributed by atoms with Crippen molar-refractivity contribution >= 4 is 11.9 Å². The Labute approximate surface area is 93.6 Å². The van der Waals surface area contributed by atoms with Crippen molar-refractivity contribution in [1.29, 1.82) is 0 Å². The summed E-state index contributed by atoms with van der Waals surface area (Å²) in [6.45, 7) is 0.400. The molecule has 16 heavy (non-hydrogen) atoms. The van der Waals surface area contributed by atoms with Crippen LogP contribution in [0, 0.1) is 0 Å². The average Bonchev–Trinajstić information content (AvgIpc) is 2.75. The van der Waals surface area contributed by atoms with Crippen molar-refractivity contribution in [3.8, 4) is 5.75 Å². The molecule has 2 heterocycles. The van der Waals surface area contributed by atoms with Crippen LogP contribution >= 0.6 is 0 Å². The zero-order chi connectivity index (χ0) is 11.0. The van der Waals surface area contributed by atoms with E-state index in [0.717, 1.165) is 11.3 Å². The zero-order valence-electron chi connectivity index (χ0n) is 8.67. The van der Waals surface area contributed by atoms with Crippen LogP contribution in [0.15, 0.2) is 42.6 Å². The van der Waals surface area contributed by atoms with Crippen LogP contribution in [-0.2, 0) is 4.79 Å². The number of hydrogen-bond acceptors (Lipinski definition) is 3. The molecule has 0 radical (unpaired) electrons. The van der Waals surface area contributed by atoms with E-state index in [0.29, 0.717) is 6.54 Å². The molecular weight excluding hydrogens is 202 g/mol. The van der Waals surface area contributed by atoms with Gasteiger partial charge in [0, 0.05) is 11.8 Å². The third-order valence-electron chi connectivity index (χ3n) is 2.72. The molecule has 0 saturated carbocycles. The van der Waals surface area contributed by atoms with Gasteiger partial charge in [-0.15, -0.1) is 0 Å². The smallest absolute Gasteiger partial charge is 0.192 e. The van der Waals surface area contributed by atoms with Crippen LogP contribution in [0.25, 0.3) is 6.08 Å². The van der Waals surface area contributed by atoms with Crippen molar-refractivity contribution in [2.45, 2.75) is 6.23 Å². The van der Waals surface area contributed by atoms with Crippen molar-refractivity contribution < 1.29 is 9.53 Å². The van der Waals surface area contributed by atoms with Gasteiger partial charge in [0.15, 0.2) is 12.0 Å². The summed E-state index contributed by atoms with van der Waals surface area (Å²) in [6.07, 6.45) is 7.19. The second-order valence-electron chi connectivity index (χ2n) is 3.86. The third kappa shape index (κ3) is 1.50. The fraction of sp³-hybridized carbons (Fsp3) is 0.154. The van der Waals surface area contributed by atoms with Gasteiger partial charge in [0.05, 0.1) is 6.54 Å². The molecule has 1 atom stereocenters. The molecule has 0 saturated heterocycles. The first kappa shape index (κ1) is 9.21. The first-order valence-corrected chi connectivity index (χ1v) is 5.23. The topological polar surface area (TPSA) is 29.5 Å². The summed E-state index contributed by atoms with van der Waals surface area (Å²) < 4.78 is 5.80. The maximum absolute atomic E-state index is 11.1. The monoisotopic (exact) mass is 213 g/mol. The molecule has 0 aromatic heterocycles. The molecule has 0 N–H and O–H groups in total. The Morgan fingerprint density at radius 3 is 2.94 bits per heavy atom. The highest BCUT2D eigenvalue weighted by Crippen LogP contribution is 2.27. The molecule has 1 aromatic rings. The molecule has 0 spiro atoms. The van der Waals surface area contributed by atoms with Gasteiger partial charge in [-0.1, -0.05) is 18.2 Å². The molecule has 2 aliphatic rings. The van der Waals surface area contributed by atoms with Gasteiger partial charge in [-0.3, -0.25) is 4.79 Å². The number of carbonyl (C=O) groups is 1. The lowest BCUT2D eigenvalue weighted by atomic mass is 10.1. The molecular formula is C13H11NO2. The number of carbonyl (C=O) groups excluding carboxylic acids is 1. The van der Waals surface area contributed by atoms with Crippen LogP contribution in [0.3, 0.4) is 0 Å². The number of ether oxygens (including phenoxy) is 1. The van der Waals surface area contributed by atoms with E-state index in [-0.39, 0.29) is 12.0 Å². The molecule has 0 aliphatic carbocycles. The predicted octanol–water partition coefficient (Wildman–Crippen LogP) is 1.82. The first-order valence-electron chi connectivity index (χ1n) is 5.23. The molecule has 1 aromatic carbocycles. The van der Waals surface area contributed by atoms with Gasteiger partial charge >= 0.3 is 0 Å². The minimum Gasteiger partial charge on any atom is -0.466 e. The van der Waals surface area contributed by atoms with Crippen LogP contribution in [0.5, 0.6) is 5.75 Å². The first-order chi connectivity index (χ1) is 7.83. The Balaban J connectivity index is 1.84. The maximum atomic E-state index is 11.1. The number of rotatable bonds is 1. The van der Waals surface area contributed by atoms with Crippen LogP contribution in [0.1, 0.15) is 5.56 Å². The van der Waals surface area contributed by atoms with Gasteiger partial charge in [-0.05, 0) is 24.3 Å². The van der Waals surface area contributed by atoms with E-state index in [2.05, 4.69) is 0 Å². The molecule has 0 fully saturated rings. The van der Waals surface area contributed by atoms with Crippen LogP contribution in [0.2, 0.25) is 0 Å². The molecule has 3 rings (SSSR count). The third-order valence-corrected chi connectivity index (χ3v) is 2.72. The summed E-state index contributed by atoms with van der Waals surface area (Å²) in [5.41, 5.74) is 1.08. The number of hydrogen-bond donors (Lipinski definition) is 0. The van der Waals surface area contributed by atoms with Gasteiger partial charge in [-0.2, -0.15) is 0 Å². The predicted molar refractivity (Wildman–Crippen MR) is 60.7 cm³/mol. The normalized spacial score (nSPS) is 22.1. The number of nitrogens with zero attached hydrogens (tertiary/aromatic N) is 1. The SMILES string of the molecule is O=C1C=CN(C2C=Cc3ccccc3O2)C1. The van der Waals surface area contributed by atoms with Crippen molar-refractivity contribution in [2.75, 3.05) is 6.54 Å². The van der Waals surface area contributed by atoms with E-state index in [1.807, 2.05) is 41.3 Å². The van der Waals surface area contributed by atoms with Crippen LogP contribution < -0.4 is 4.74 Å². The standard InChI is InChI=1S/C13H11NO2/c15-11-7-8-14(9-11)13-6-5-10-3-1-2-4-12(10)16-13/h1-8,13H,9H2. The lowest BCUT2D eigenvalue weighted by molar-refractivity contribution is -0.115. The quantitative estimate of drug-likeness (QED) is 0.712. The van der Waals surface area contributed by atoms with E-state index in [1.54, 1.807) is 12.3 Å². The average molecular weight is 213 g/mol. The van der Waals surface area contributed by atoms with Gasteiger partial charge < -0.3 is 9.64 Å². The van der Waals surface area contributed by atoms with Gasteiger partial charge in [0.2, 0.25) is 0 Å². The number of benzene rings is 1. The number of para-hydroxylation sites is 1. The zero-order valence-corrected chi connectivity index (χ0v) is 8.67. The minimum absolute atomic E-state index is 0.121. The molecule has 0 bridgehead atoms.